The zero-order valence-corrected chi connectivity index (χ0v) is 31.4. The smallest absolute Gasteiger partial charge is 0.410 e. The first-order valence-corrected chi connectivity index (χ1v) is 20.5. The number of carbonyl (C=O) groups excluding carboxylic acids is 1. The Morgan fingerprint density at radius 3 is 2.47 bits per heavy atom. The number of carbonyl (C=O) groups is 1. The van der Waals surface area contributed by atoms with Crippen molar-refractivity contribution in [3.05, 3.63) is 83.9 Å². The molecule has 1 amide bonds. The number of nitrogens with zero attached hydrogens (tertiary/aromatic N) is 2. The van der Waals surface area contributed by atoms with Crippen LogP contribution in [0.15, 0.2) is 77.7 Å². The fourth-order valence-corrected chi connectivity index (χ4v) is 10.6. The number of sulfonamides is 1. The van der Waals surface area contributed by atoms with Crippen LogP contribution in [0.25, 0.3) is 0 Å². The average Bonchev–Trinajstić information content (AvgIpc) is 3.99. The average molecular weight is 747 g/mol. The highest BCUT2D eigenvalue weighted by atomic mass is 32.2. The third-order valence-electron chi connectivity index (χ3n) is 11.7. The van der Waals surface area contributed by atoms with Gasteiger partial charge in [0.15, 0.2) is 17.8 Å². The van der Waals surface area contributed by atoms with Crippen molar-refractivity contribution in [3.63, 3.8) is 0 Å². The van der Waals surface area contributed by atoms with Gasteiger partial charge in [-0.2, -0.15) is 4.31 Å². The van der Waals surface area contributed by atoms with Crippen molar-refractivity contribution >= 4 is 16.1 Å². The van der Waals surface area contributed by atoms with Crippen molar-refractivity contribution in [2.75, 3.05) is 33.1 Å². The van der Waals surface area contributed by atoms with Crippen molar-refractivity contribution in [2.45, 2.75) is 94.3 Å². The second kappa shape index (κ2) is 15.1. The molecular formula is C41H50N2O9S. The normalized spacial score (nSPS) is 26.3. The number of amides is 1. The lowest BCUT2D eigenvalue weighted by Gasteiger charge is -2.37. The highest BCUT2D eigenvalue weighted by molar-refractivity contribution is 7.89. The van der Waals surface area contributed by atoms with E-state index in [2.05, 4.69) is 13.8 Å². The molecule has 11 nitrogen and oxygen atoms in total. The molecule has 53 heavy (non-hydrogen) atoms. The summed E-state index contributed by atoms with van der Waals surface area (Å²) in [5.41, 5.74) is 1.51. The number of ether oxygens (including phenoxy) is 6. The third-order valence-corrected chi connectivity index (χ3v) is 13.5. The lowest BCUT2D eigenvalue weighted by molar-refractivity contribution is -0.0908. The van der Waals surface area contributed by atoms with Crippen LogP contribution in [0.4, 0.5) is 4.79 Å². The van der Waals surface area contributed by atoms with E-state index in [9.17, 15) is 13.2 Å². The Labute approximate surface area is 312 Å². The zero-order valence-electron chi connectivity index (χ0n) is 30.6. The van der Waals surface area contributed by atoms with Gasteiger partial charge in [0.1, 0.15) is 18.5 Å². The monoisotopic (exact) mass is 746 g/mol. The van der Waals surface area contributed by atoms with Crippen LogP contribution < -0.4 is 14.2 Å². The van der Waals surface area contributed by atoms with E-state index >= 15 is 0 Å². The fraction of sp³-hybridized carbons (Fsp3) is 0.537. The Morgan fingerprint density at radius 2 is 1.68 bits per heavy atom. The standard InChI is InChI=1S/C41H50N2O9S/c1-41(2)22-31(24-42(23-29-8-6-7-9-29)53(45,46)33-16-17-36-37(21-33)51-27-50-36)35(43(41)40(44)52-38-26-49-39-34(38)18-19-47-39)20-28-12-14-32(15-13-28)48-25-30-10-4-3-5-11-30/h3-5,10-17,21,29,31,34-35,38-39H,6-9,18-20,22-27H2,1-2H3/t31-,34+,35+,38+,39-/m1/s1. The van der Waals surface area contributed by atoms with Gasteiger partial charge in [0.05, 0.1) is 24.0 Å². The largest absolute Gasteiger partial charge is 0.489 e. The molecule has 284 valence electrons. The summed E-state index contributed by atoms with van der Waals surface area (Å²) in [4.78, 5) is 16.4. The van der Waals surface area contributed by atoms with E-state index in [1.165, 1.54) is 0 Å². The maximum Gasteiger partial charge on any atom is 0.410 e. The van der Waals surface area contributed by atoms with E-state index in [4.69, 9.17) is 28.4 Å². The second-order valence-corrected chi connectivity index (χ2v) is 17.7. The lowest BCUT2D eigenvalue weighted by Crippen LogP contribution is -2.51. The second-order valence-electron chi connectivity index (χ2n) is 15.8. The van der Waals surface area contributed by atoms with E-state index in [1.807, 2.05) is 59.5 Å². The summed E-state index contributed by atoms with van der Waals surface area (Å²) in [7, 11) is -3.92. The predicted octanol–water partition coefficient (Wildman–Crippen LogP) is 6.79. The molecule has 8 rings (SSSR count). The minimum atomic E-state index is -3.92. The van der Waals surface area contributed by atoms with Gasteiger partial charge in [-0.15, -0.1) is 0 Å². The van der Waals surface area contributed by atoms with Gasteiger partial charge in [-0.1, -0.05) is 55.3 Å². The lowest BCUT2D eigenvalue weighted by atomic mass is 9.91. The Kier molecular flexibility index (Phi) is 10.3. The molecule has 4 heterocycles. The summed E-state index contributed by atoms with van der Waals surface area (Å²) < 4.78 is 65.7. The van der Waals surface area contributed by atoms with Crippen molar-refractivity contribution < 1.29 is 41.6 Å². The molecule has 1 aliphatic carbocycles. The molecule has 5 aliphatic rings. The molecule has 0 spiro atoms. The summed E-state index contributed by atoms with van der Waals surface area (Å²) in [5, 5.41) is 0. The van der Waals surface area contributed by atoms with Gasteiger partial charge in [0.2, 0.25) is 16.8 Å². The Hall–Kier alpha value is -3.84. The van der Waals surface area contributed by atoms with Crippen LogP contribution in [0.5, 0.6) is 17.2 Å². The molecule has 0 bridgehead atoms. The molecule has 0 aromatic heterocycles. The number of hydrogen-bond donors (Lipinski definition) is 0. The van der Waals surface area contributed by atoms with E-state index in [0.29, 0.717) is 50.7 Å². The van der Waals surface area contributed by atoms with Gasteiger partial charge in [0, 0.05) is 30.7 Å². The molecule has 5 atom stereocenters. The van der Waals surface area contributed by atoms with Crippen molar-refractivity contribution in [3.8, 4) is 17.2 Å². The topological polar surface area (TPSA) is 113 Å². The number of benzene rings is 3. The molecular weight excluding hydrogens is 697 g/mol. The maximum atomic E-state index is 14.6. The number of rotatable bonds is 12. The fourth-order valence-electron chi connectivity index (χ4n) is 9.00. The number of fused-ring (bicyclic) bond motifs is 2. The summed E-state index contributed by atoms with van der Waals surface area (Å²) >= 11 is 0. The van der Waals surface area contributed by atoms with E-state index in [-0.39, 0.29) is 48.3 Å². The van der Waals surface area contributed by atoms with Crippen LogP contribution in [-0.4, -0.2) is 80.8 Å². The minimum absolute atomic E-state index is 0.0103. The van der Waals surface area contributed by atoms with Crippen molar-refractivity contribution in [1.82, 2.24) is 9.21 Å². The molecule has 4 aliphatic heterocycles. The minimum Gasteiger partial charge on any atom is -0.489 e. The zero-order chi connectivity index (χ0) is 36.6. The van der Waals surface area contributed by atoms with Crippen LogP contribution in [0, 0.1) is 17.8 Å². The summed E-state index contributed by atoms with van der Waals surface area (Å²) in [5.74, 6) is 1.85. The first-order chi connectivity index (χ1) is 25.6. The molecule has 0 N–H and O–H groups in total. The van der Waals surface area contributed by atoms with Crippen LogP contribution >= 0.6 is 0 Å². The highest BCUT2D eigenvalue weighted by Crippen LogP contribution is 2.43. The van der Waals surface area contributed by atoms with Crippen molar-refractivity contribution in [2.24, 2.45) is 17.8 Å². The highest BCUT2D eigenvalue weighted by Gasteiger charge is 2.52. The van der Waals surface area contributed by atoms with Crippen LogP contribution in [0.3, 0.4) is 0 Å². The van der Waals surface area contributed by atoms with E-state index < -0.39 is 27.8 Å². The molecule has 1 saturated carbocycles. The van der Waals surface area contributed by atoms with Crippen LogP contribution in [-0.2, 0) is 37.3 Å². The Bertz CT molecular complexity index is 1850. The summed E-state index contributed by atoms with van der Waals surface area (Å²) in [6, 6.07) is 22.6. The SMILES string of the molecule is CC1(C)C[C@H](CN(CC2CCCC2)S(=O)(=O)c2ccc3c(c2)OCO3)[C@H](Cc2ccc(OCc3ccccc3)cc2)N1C(=O)O[C@H]1CO[C@H]2OCC[C@H]21. The summed E-state index contributed by atoms with van der Waals surface area (Å²) in [6.45, 7) is 6.24. The Morgan fingerprint density at radius 1 is 0.906 bits per heavy atom. The Balaban J connectivity index is 1.07. The van der Waals surface area contributed by atoms with E-state index in [1.54, 1.807) is 22.5 Å². The quantitative estimate of drug-likeness (QED) is 0.198. The van der Waals surface area contributed by atoms with Gasteiger partial charge in [0.25, 0.3) is 0 Å². The molecule has 0 unspecified atom stereocenters. The third kappa shape index (κ3) is 7.74. The van der Waals surface area contributed by atoms with Gasteiger partial charge < -0.3 is 28.4 Å². The van der Waals surface area contributed by atoms with Gasteiger partial charge in [-0.05, 0) is 93.2 Å². The first-order valence-electron chi connectivity index (χ1n) is 19.0. The van der Waals surface area contributed by atoms with Gasteiger partial charge in [-0.25, -0.2) is 13.2 Å². The number of hydrogen-bond acceptors (Lipinski definition) is 9. The van der Waals surface area contributed by atoms with Crippen molar-refractivity contribution in [1.29, 1.82) is 0 Å². The van der Waals surface area contributed by atoms with E-state index in [0.717, 1.165) is 49.0 Å². The molecule has 4 fully saturated rings. The molecule has 3 aromatic carbocycles. The van der Waals surface area contributed by atoms with Gasteiger partial charge in [-0.3, -0.25) is 4.90 Å². The molecule has 0 radical (unpaired) electrons. The number of likely N-dealkylation sites (tertiary alicyclic amines) is 1. The maximum absolute atomic E-state index is 14.6. The predicted molar refractivity (Wildman–Crippen MR) is 196 cm³/mol. The van der Waals surface area contributed by atoms with Gasteiger partial charge >= 0.3 is 6.09 Å². The molecule has 12 heteroatoms. The van der Waals surface area contributed by atoms with Crippen LogP contribution in [0.1, 0.15) is 63.5 Å². The molecule has 3 saturated heterocycles. The molecule has 3 aromatic rings. The first kappa shape index (κ1) is 36.2. The summed E-state index contributed by atoms with van der Waals surface area (Å²) in [6.07, 6.45) is 5.00. The van der Waals surface area contributed by atoms with Crippen LogP contribution in [0.2, 0.25) is 0 Å².